The van der Waals surface area contributed by atoms with Crippen molar-refractivity contribution >= 4 is 34.9 Å². The molecule has 0 aliphatic carbocycles. The van der Waals surface area contributed by atoms with Crippen LogP contribution in [0.4, 0.5) is 15.8 Å². The second-order valence-corrected chi connectivity index (χ2v) is 9.75. The molecule has 0 radical (unpaired) electrons. The van der Waals surface area contributed by atoms with E-state index in [0.717, 1.165) is 4.90 Å². The van der Waals surface area contributed by atoms with Crippen LogP contribution in [0.25, 0.3) is 0 Å². The summed E-state index contributed by atoms with van der Waals surface area (Å²) >= 11 is 0. The number of nitrogens with one attached hydrogen (secondary N) is 1. The van der Waals surface area contributed by atoms with Crippen molar-refractivity contribution in [3.05, 3.63) is 120 Å². The first-order valence-corrected chi connectivity index (χ1v) is 13.4. The highest BCUT2D eigenvalue weighted by molar-refractivity contribution is 6.52. The third-order valence-corrected chi connectivity index (χ3v) is 7.12. The van der Waals surface area contributed by atoms with Gasteiger partial charge in [0, 0.05) is 17.8 Å². The minimum atomic E-state index is -1.28. The summed E-state index contributed by atoms with van der Waals surface area (Å²) < 4.78 is 25.5. The van der Waals surface area contributed by atoms with Crippen LogP contribution in [-0.4, -0.2) is 49.2 Å². The average Bonchev–Trinajstić information content (AvgIpc) is 3.26. The van der Waals surface area contributed by atoms with Gasteiger partial charge in [-0.1, -0.05) is 42.5 Å². The van der Waals surface area contributed by atoms with E-state index in [1.54, 1.807) is 72.8 Å². The lowest BCUT2D eigenvalue weighted by atomic mass is 10.0. The number of carbonyl (C=O) groups excluding carboxylic acids is 4. The molecule has 0 spiro atoms. The molecule has 1 aliphatic heterocycles. The van der Waals surface area contributed by atoms with Crippen molar-refractivity contribution < 1.29 is 33.0 Å². The van der Waals surface area contributed by atoms with Gasteiger partial charge in [-0.3, -0.25) is 24.1 Å². The Balaban J connectivity index is 1.57. The maximum atomic E-state index is 15.0. The van der Waals surface area contributed by atoms with Crippen molar-refractivity contribution in [3.8, 4) is 11.5 Å². The highest BCUT2D eigenvalue weighted by atomic mass is 19.1. The summed E-state index contributed by atoms with van der Waals surface area (Å²) in [4.78, 5) is 56.0. The molecule has 0 aromatic heterocycles. The molecule has 43 heavy (non-hydrogen) atoms. The quantitative estimate of drug-likeness (QED) is 0.270. The Morgan fingerprint density at radius 1 is 0.860 bits per heavy atom. The molecule has 3 amide bonds. The molecule has 1 N–H and O–H groups in total. The minimum Gasteiger partial charge on any atom is -0.497 e. The van der Waals surface area contributed by atoms with E-state index in [-0.39, 0.29) is 23.4 Å². The molecule has 218 valence electrons. The largest absolute Gasteiger partial charge is 0.497 e. The number of anilines is 2. The Morgan fingerprint density at radius 2 is 1.56 bits per heavy atom. The molecule has 1 unspecified atom stereocenters. The van der Waals surface area contributed by atoms with Crippen molar-refractivity contribution in [1.29, 1.82) is 0 Å². The lowest BCUT2D eigenvalue weighted by Crippen LogP contribution is -2.46. The number of Topliss-reactive ketones (excluding diaryl/α,β-unsaturated/α-hetero) is 1. The van der Waals surface area contributed by atoms with Crippen molar-refractivity contribution in [3.63, 3.8) is 0 Å². The van der Waals surface area contributed by atoms with Crippen LogP contribution in [0.1, 0.15) is 27.5 Å². The summed E-state index contributed by atoms with van der Waals surface area (Å²) in [5.41, 5.74) is 1.45. The fourth-order valence-electron chi connectivity index (χ4n) is 4.93. The van der Waals surface area contributed by atoms with Gasteiger partial charge in [-0.2, -0.15) is 0 Å². The predicted molar refractivity (Wildman–Crippen MR) is 157 cm³/mol. The number of ether oxygens (including phenoxy) is 2. The van der Waals surface area contributed by atoms with E-state index < -0.39 is 41.9 Å². The van der Waals surface area contributed by atoms with Gasteiger partial charge < -0.3 is 19.7 Å². The lowest BCUT2D eigenvalue weighted by Gasteiger charge is -2.33. The molecular weight excluding hydrogens is 553 g/mol. The van der Waals surface area contributed by atoms with Crippen LogP contribution in [-0.2, 0) is 20.9 Å². The van der Waals surface area contributed by atoms with Gasteiger partial charge in [-0.15, -0.1) is 0 Å². The van der Waals surface area contributed by atoms with E-state index >= 15 is 0 Å². The van der Waals surface area contributed by atoms with Gasteiger partial charge in [0.2, 0.25) is 5.91 Å². The second-order valence-electron chi connectivity index (χ2n) is 9.75. The fraction of sp³-hybridized carbons (Fsp3) is 0.152. The first kappa shape index (κ1) is 29.0. The molecule has 10 heteroatoms. The van der Waals surface area contributed by atoms with Gasteiger partial charge in [0.1, 0.15) is 29.9 Å². The molecule has 1 heterocycles. The van der Waals surface area contributed by atoms with E-state index in [1.807, 2.05) is 0 Å². The number of hydrogen-bond donors (Lipinski definition) is 1. The van der Waals surface area contributed by atoms with Crippen molar-refractivity contribution in [2.24, 2.45) is 0 Å². The molecule has 0 fully saturated rings. The van der Waals surface area contributed by atoms with Crippen LogP contribution in [0.3, 0.4) is 0 Å². The van der Waals surface area contributed by atoms with E-state index in [1.165, 1.54) is 43.4 Å². The molecule has 1 aliphatic rings. The Hall–Kier alpha value is -5.51. The Labute approximate surface area is 247 Å². The highest BCUT2D eigenvalue weighted by Gasteiger charge is 2.39. The number of fused-ring (bicyclic) bond motifs is 1. The number of halogens is 1. The fourth-order valence-corrected chi connectivity index (χ4v) is 4.93. The monoisotopic (exact) mass is 581 g/mol. The Bertz CT molecular complexity index is 1690. The average molecular weight is 582 g/mol. The SMILES string of the molecule is COc1ccc(NC(=O)C(c2cccc(OC)c2)N(Cc2ccccc2F)C(=O)CN2C(=O)C(=O)c3ccccc32)cc1. The highest BCUT2D eigenvalue weighted by Crippen LogP contribution is 2.32. The van der Waals surface area contributed by atoms with Gasteiger partial charge in [-0.05, 0) is 60.2 Å². The third-order valence-electron chi connectivity index (χ3n) is 7.12. The van der Waals surface area contributed by atoms with Gasteiger partial charge >= 0.3 is 0 Å². The summed E-state index contributed by atoms with van der Waals surface area (Å²) in [5, 5.41) is 2.83. The van der Waals surface area contributed by atoms with Crippen molar-refractivity contribution in [1.82, 2.24) is 4.90 Å². The molecule has 0 saturated heterocycles. The van der Waals surface area contributed by atoms with E-state index in [9.17, 15) is 23.6 Å². The zero-order chi connectivity index (χ0) is 30.5. The smallest absolute Gasteiger partial charge is 0.299 e. The van der Waals surface area contributed by atoms with Crippen molar-refractivity contribution in [2.45, 2.75) is 12.6 Å². The summed E-state index contributed by atoms with van der Waals surface area (Å²) in [6.45, 7) is -0.854. The third kappa shape index (κ3) is 6.08. The van der Waals surface area contributed by atoms with Gasteiger partial charge in [0.05, 0.1) is 25.5 Å². The number of amides is 3. The zero-order valence-electron chi connectivity index (χ0n) is 23.5. The number of hydrogen-bond acceptors (Lipinski definition) is 6. The summed E-state index contributed by atoms with van der Waals surface area (Å²) in [5.74, 6) is -2.41. The molecule has 4 aromatic carbocycles. The molecule has 4 aromatic rings. The second kappa shape index (κ2) is 12.6. The molecule has 0 bridgehead atoms. The predicted octanol–water partition coefficient (Wildman–Crippen LogP) is 4.78. The maximum Gasteiger partial charge on any atom is 0.299 e. The Morgan fingerprint density at radius 3 is 2.28 bits per heavy atom. The summed E-state index contributed by atoms with van der Waals surface area (Å²) in [7, 11) is 3.00. The van der Waals surface area contributed by atoms with Crippen LogP contribution in [0.15, 0.2) is 97.1 Å². The van der Waals surface area contributed by atoms with Crippen LogP contribution in [0, 0.1) is 5.82 Å². The first-order valence-electron chi connectivity index (χ1n) is 13.4. The summed E-state index contributed by atoms with van der Waals surface area (Å²) in [6, 6.07) is 24.3. The molecular formula is C33H28FN3O6. The molecule has 1 atom stereocenters. The number of ketones is 1. The van der Waals surface area contributed by atoms with Crippen LogP contribution in [0.5, 0.6) is 11.5 Å². The normalized spacial score (nSPS) is 12.9. The van der Waals surface area contributed by atoms with Gasteiger partial charge in [0.25, 0.3) is 17.6 Å². The molecule has 9 nitrogen and oxygen atoms in total. The van der Waals surface area contributed by atoms with E-state index in [4.69, 9.17) is 9.47 Å². The number of carbonyl (C=O) groups is 4. The number of rotatable bonds is 10. The van der Waals surface area contributed by atoms with E-state index in [0.29, 0.717) is 22.7 Å². The standard InChI is InChI=1S/C33H28FN3O6/c1-42-24-16-14-23(15-17-24)35-32(40)30(21-9-7-10-25(18-21)43-2)37(19-22-8-3-5-12-27(22)34)29(38)20-36-28-13-6-4-11-26(28)31(39)33(36)41/h3-18,30H,19-20H2,1-2H3,(H,35,40). The van der Waals surface area contributed by atoms with E-state index in [2.05, 4.69) is 5.32 Å². The number of methoxy groups -OCH3 is 2. The Kier molecular flexibility index (Phi) is 8.47. The van der Waals surface area contributed by atoms with Crippen LogP contribution in [0.2, 0.25) is 0 Å². The maximum absolute atomic E-state index is 15.0. The van der Waals surface area contributed by atoms with Gasteiger partial charge in [-0.25, -0.2) is 4.39 Å². The van der Waals surface area contributed by atoms with Crippen molar-refractivity contribution in [2.75, 3.05) is 31.0 Å². The number of nitrogens with zero attached hydrogens (tertiary/aromatic N) is 2. The zero-order valence-corrected chi connectivity index (χ0v) is 23.5. The van der Waals surface area contributed by atoms with Crippen LogP contribution >= 0.6 is 0 Å². The number of benzene rings is 4. The topological polar surface area (TPSA) is 105 Å². The first-order chi connectivity index (χ1) is 20.8. The molecule has 0 saturated carbocycles. The lowest BCUT2D eigenvalue weighted by molar-refractivity contribution is -0.139. The van der Waals surface area contributed by atoms with Crippen LogP contribution < -0.4 is 19.7 Å². The number of para-hydroxylation sites is 1. The summed E-state index contributed by atoms with van der Waals surface area (Å²) in [6.07, 6.45) is 0. The van der Waals surface area contributed by atoms with Gasteiger partial charge in [0.15, 0.2) is 0 Å². The molecule has 5 rings (SSSR count). The minimum absolute atomic E-state index is 0.158.